The smallest absolute Gasteiger partial charge is 0.213 e. The zero-order chi connectivity index (χ0) is 18.6. The molecule has 0 radical (unpaired) electrons. The molecule has 4 nitrogen and oxygen atoms in total. The molecule has 1 fully saturated rings. The normalized spacial score (nSPS) is 14.2. The Labute approximate surface area is 161 Å². The number of ketones is 1. The van der Waals surface area contributed by atoms with Gasteiger partial charge in [-0.1, -0.05) is 36.4 Å². The zero-order valence-electron chi connectivity index (χ0n) is 15.6. The summed E-state index contributed by atoms with van der Waals surface area (Å²) in [7, 11) is 0. The van der Waals surface area contributed by atoms with Crippen molar-refractivity contribution in [3.05, 3.63) is 77.7 Å². The van der Waals surface area contributed by atoms with Crippen molar-refractivity contribution in [2.45, 2.75) is 26.2 Å². The molecule has 0 saturated carbocycles. The number of aryl methyl sites for hydroxylation is 1. The number of pyridine rings is 2. The van der Waals surface area contributed by atoms with Crippen molar-refractivity contribution in [3.63, 3.8) is 0 Å². The number of hydrogen-bond acceptors (Lipinski definition) is 4. The van der Waals surface area contributed by atoms with Crippen molar-refractivity contribution >= 4 is 11.6 Å². The molecule has 3 aromatic rings. The Morgan fingerprint density at radius 2 is 1.74 bits per heavy atom. The lowest BCUT2D eigenvalue weighted by atomic mass is 10.0. The molecule has 0 aliphatic carbocycles. The van der Waals surface area contributed by atoms with Crippen LogP contribution in [0.2, 0.25) is 0 Å². The molecule has 3 heterocycles. The second-order valence-electron chi connectivity index (χ2n) is 6.98. The minimum Gasteiger partial charge on any atom is -0.357 e. The SMILES string of the molecule is Cc1ncc(-c2ccccc2)cc1C(=O)c1cccc(N2CCCCC2)n1.[HH]. The summed E-state index contributed by atoms with van der Waals surface area (Å²) < 4.78 is 0. The van der Waals surface area contributed by atoms with E-state index in [-0.39, 0.29) is 7.21 Å². The van der Waals surface area contributed by atoms with E-state index in [1.165, 1.54) is 19.3 Å². The molecule has 1 aliphatic heterocycles. The maximum Gasteiger partial charge on any atom is 0.213 e. The third kappa shape index (κ3) is 3.75. The van der Waals surface area contributed by atoms with Crippen molar-refractivity contribution < 1.29 is 6.22 Å². The molecule has 1 aliphatic rings. The summed E-state index contributed by atoms with van der Waals surface area (Å²) in [6.45, 7) is 3.89. The summed E-state index contributed by atoms with van der Waals surface area (Å²) in [5.41, 5.74) is 3.81. The van der Waals surface area contributed by atoms with E-state index in [2.05, 4.69) is 14.9 Å². The molecule has 27 heavy (non-hydrogen) atoms. The van der Waals surface area contributed by atoms with Gasteiger partial charge < -0.3 is 4.90 Å². The highest BCUT2D eigenvalue weighted by molar-refractivity contribution is 6.09. The number of benzene rings is 1. The quantitative estimate of drug-likeness (QED) is 0.620. The lowest BCUT2D eigenvalue weighted by molar-refractivity contribution is 0.103. The Balaban J connectivity index is 0.00000225. The van der Waals surface area contributed by atoms with Gasteiger partial charge in [0.25, 0.3) is 0 Å². The molecule has 2 aromatic heterocycles. The van der Waals surface area contributed by atoms with Gasteiger partial charge in [-0.25, -0.2) is 4.98 Å². The fraction of sp³-hybridized carbons (Fsp3) is 0.261. The fourth-order valence-electron chi connectivity index (χ4n) is 3.54. The molecule has 0 bridgehead atoms. The maximum atomic E-state index is 13.2. The van der Waals surface area contributed by atoms with Gasteiger partial charge in [-0.2, -0.15) is 0 Å². The number of nitrogens with zero attached hydrogens (tertiary/aromatic N) is 3. The first-order valence-corrected chi connectivity index (χ1v) is 9.51. The summed E-state index contributed by atoms with van der Waals surface area (Å²) in [6.07, 6.45) is 5.45. The van der Waals surface area contributed by atoms with Crippen molar-refractivity contribution in [1.82, 2.24) is 9.97 Å². The average molecular weight is 359 g/mol. The highest BCUT2D eigenvalue weighted by Gasteiger charge is 2.18. The van der Waals surface area contributed by atoms with Crippen LogP contribution in [0.5, 0.6) is 0 Å². The number of hydrogen-bond donors (Lipinski definition) is 0. The third-order valence-corrected chi connectivity index (χ3v) is 5.09. The summed E-state index contributed by atoms with van der Waals surface area (Å²) >= 11 is 0. The zero-order valence-corrected chi connectivity index (χ0v) is 15.6. The van der Waals surface area contributed by atoms with Crippen LogP contribution < -0.4 is 4.90 Å². The van der Waals surface area contributed by atoms with Crippen molar-refractivity contribution in [2.75, 3.05) is 18.0 Å². The summed E-state index contributed by atoms with van der Waals surface area (Å²) in [4.78, 5) is 24.6. The summed E-state index contributed by atoms with van der Waals surface area (Å²) in [5, 5.41) is 0. The van der Waals surface area contributed by atoms with E-state index in [0.717, 1.165) is 35.7 Å². The Morgan fingerprint density at radius 1 is 0.963 bits per heavy atom. The van der Waals surface area contributed by atoms with Crippen molar-refractivity contribution in [1.29, 1.82) is 0 Å². The molecule has 0 amide bonds. The Morgan fingerprint density at radius 3 is 2.52 bits per heavy atom. The van der Waals surface area contributed by atoms with Crippen LogP contribution in [0.25, 0.3) is 11.1 Å². The van der Waals surface area contributed by atoms with Crippen LogP contribution in [0.15, 0.2) is 60.8 Å². The van der Waals surface area contributed by atoms with Crippen LogP contribution in [0.4, 0.5) is 5.82 Å². The van der Waals surface area contributed by atoms with Gasteiger partial charge in [0.15, 0.2) is 0 Å². The molecular formula is C23H25N3O. The lowest BCUT2D eigenvalue weighted by Crippen LogP contribution is -2.30. The topological polar surface area (TPSA) is 46.1 Å². The lowest BCUT2D eigenvalue weighted by Gasteiger charge is -2.27. The molecule has 0 N–H and O–H groups in total. The number of carbonyl (C=O) groups excluding carboxylic acids is 1. The molecule has 0 atom stereocenters. The first-order valence-electron chi connectivity index (χ1n) is 9.51. The first kappa shape index (κ1) is 17.4. The molecule has 0 spiro atoms. The van der Waals surface area contributed by atoms with Crippen molar-refractivity contribution in [2.24, 2.45) is 0 Å². The van der Waals surface area contributed by atoms with Gasteiger partial charge in [0, 0.05) is 37.5 Å². The number of aromatic nitrogens is 2. The van der Waals surface area contributed by atoms with Gasteiger partial charge >= 0.3 is 0 Å². The van der Waals surface area contributed by atoms with Gasteiger partial charge in [0.05, 0.1) is 0 Å². The molecule has 1 aromatic carbocycles. The molecule has 1 saturated heterocycles. The molecule has 138 valence electrons. The van der Waals surface area contributed by atoms with Gasteiger partial charge in [0.2, 0.25) is 5.78 Å². The minimum absolute atomic E-state index is 0. The predicted molar refractivity (Wildman–Crippen MR) is 110 cm³/mol. The monoisotopic (exact) mass is 359 g/mol. The van der Waals surface area contributed by atoms with Gasteiger partial charge in [-0.3, -0.25) is 9.78 Å². The van der Waals surface area contributed by atoms with Gasteiger partial charge in [-0.05, 0) is 49.9 Å². The number of carbonyl (C=O) groups is 1. The number of anilines is 1. The van der Waals surface area contributed by atoms with E-state index in [1.54, 1.807) is 6.07 Å². The minimum atomic E-state index is -0.0726. The van der Waals surface area contributed by atoms with Gasteiger partial charge in [0.1, 0.15) is 11.5 Å². The standard InChI is InChI=1S/C23H23N3O.H2/c1-17-20(15-19(16-24-17)18-9-4-2-5-10-18)23(27)21-11-8-12-22(25-21)26-13-6-3-7-14-26;/h2,4-5,8-12,15-16H,3,6-7,13-14H2,1H3;1H. The summed E-state index contributed by atoms with van der Waals surface area (Å²) in [6, 6.07) is 17.6. The van der Waals surface area contributed by atoms with E-state index < -0.39 is 0 Å². The van der Waals surface area contributed by atoms with E-state index in [4.69, 9.17) is 0 Å². The predicted octanol–water partition coefficient (Wildman–Crippen LogP) is 4.92. The number of piperidine rings is 1. The van der Waals surface area contributed by atoms with Crippen LogP contribution in [-0.4, -0.2) is 28.8 Å². The van der Waals surface area contributed by atoms with Crippen LogP contribution in [0.3, 0.4) is 0 Å². The fourth-order valence-corrected chi connectivity index (χ4v) is 3.54. The highest BCUT2D eigenvalue weighted by atomic mass is 16.1. The van der Waals surface area contributed by atoms with E-state index in [1.807, 2.05) is 61.7 Å². The Hall–Kier alpha value is -3.01. The van der Waals surface area contributed by atoms with Crippen LogP contribution in [0.1, 0.15) is 42.4 Å². The van der Waals surface area contributed by atoms with E-state index in [9.17, 15) is 4.79 Å². The second kappa shape index (κ2) is 7.70. The van der Waals surface area contributed by atoms with Crippen LogP contribution in [0, 0.1) is 6.92 Å². The summed E-state index contributed by atoms with van der Waals surface area (Å²) in [5.74, 6) is 0.821. The third-order valence-electron chi connectivity index (χ3n) is 5.09. The Bertz CT molecular complexity index is 953. The first-order chi connectivity index (χ1) is 13.2. The molecule has 4 rings (SSSR count). The van der Waals surface area contributed by atoms with Crippen LogP contribution in [-0.2, 0) is 0 Å². The second-order valence-corrected chi connectivity index (χ2v) is 6.98. The van der Waals surface area contributed by atoms with Crippen LogP contribution >= 0.6 is 0 Å². The average Bonchev–Trinajstić information content (AvgIpc) is 2.75. The van der Waals surface area contributed by atoms with E-state index >= 15 is 0 Å². The largest absolute Gasteiger partial charge is 0.357 e. The molecular weight excluding hydrogens is 334 g/mol. The Kier molecular flexibility index (Phi) is 4.97. The molecule has 0 unspecified atom stereocenters. The van der Waals surface area contributed by atoms with Crippen molar-refractivity contribution in [3.8, 4) is 11.1 Å². The number of rotatable bonds is 4. The van der Waals surface area contributed by atoms with E-state index in [0.29, 0.717) is 11.3 Å². The maximum absolute atomic E-state index is 13.2. The molecule has 4 heteroatoms. The van der Waals surface area contributed by atoms with Gasteiger partial charge in [-0.15, -0.1) is 0 Å². The highest BCUT2D eigenvalue weighted by Crippen LogP contribution is 2.23.